The molecule has 0 aromatic carbocycles. The Hall–Kier alpha value is -1.35. The van der Waals surface area contributed by atoms with E-state index in [1.54, 1.807) is 0 Å². The van der Waals surface area contributed by atoms with E-state index in [4.69, 9.17) is 4.74 Å². The zero-order valence-electron chi connectivity index (χ0n) is 9.51. The molecular formula is C13H15NO2. The van der Waals surface area contributed by atoms with Gasteiger partial charge in [0.15, 0.2) is 0 Å². The van der Waals surface area contributed by atoms with Crippen LogP contribution in [0.2, 0.25) is 0 Å². The minimum atomic E-state index is -0.466. The molecule has 1 aliphatic carbocycles. The van der Waals surface area contributed by atoms with Crippen LogP contribution in [-0.2, 0) is 9.53 Å². The second kappa shape index (κ2) is 3.08. The third-order valence-corrected chi connectivity index (χ3v) is 3.55. The van der Waals surface area contributed by atoms with Crippen molar-refractivity contribution in [3.8, 4) is 0 Å². The first-order valence-corrected chi connectivity index (χ1v) is 5.63. The molecule has 3 rings (SSSR count). The molecule has 0 N–H and O–H groups in total. The number of carbonyl (C=O) groups excluding carboxylic acids is 1. The Morgan fingerprint density at radius 2 is 2.19 bits per heavy atom. The van der Waals surface area contributed by atoms with E-state index in [1.807, 2.05) is 43.1 Å². The van der Waals surface area contributed by atoms with Crippen LogP contribution in [0.3, 0.4) is 0 Å². The largest absolute Gasteiger partial charge is 0.354 e. The normalized spacial score (nSPS) is 34.8. The highest BCUT2D eigenvalue weighted by atomic mass is 16.5. The van der Waals surface area contributed by atoms with Crippen molar-refractivity contribution >= 4 is 5.91 Å². The molecule has 2 atom stereocenters. The molecule has 0 aromatic heterocycles. The van der Waals surface area contributed by atoms with E-state index in [0.717, 1.165) is 0 Å². The molecule has 2 heterocycles. The maximum absolute atomic E-state index is 12.3. The lowest BCUT2D eigenvalue weighted by molar-refractivity contribution is -0.143. The van der Waals surface area contributed by atoms with Crippen LogP contribution in [0.5, 0.6) is 0 Å². The number of ether oxygens (including phenoxy) is 1. The maximum atomic E-state index is 12.3. The highest BCUT2D eigenvalue weighted by Crippen LogP contribution is 2.42. The number of carbonyl (C=O) groups is 1. The van der Waals surface area contributed by atoms with E-state index < -0.39 is 5.72 Å². The van der Waals surface area contributed by atoms with Crippen LogP contribution in [0.15, 0.2) is 36.0 Å². The first-order chi connectivity index (χ1) is 7.61. The van der Waals surface area contributed by atoms with E-state index in [-0.39, 0.29) is 17.9 Å². The molecule has 0 saturated carbocycles. The van der Waals surface area contributed by atoms with Crippen molar-refractivity contribution in [3.05, 3.63) is 36.0 Å². The van der Waals surface area contributed by atoms with Crippen molar-refractivity contribution in [2.75, 3.05) is 6.61 Å². The monoisotopic (exact) mass is 217 g/mol. The standard InChI is InChI=1S/C13H15NO2/c1-13(2)14-11(8-16-13)9-6-4-3-5-7-10(9)12(14)15/h3-7,10-11H,8H2,1-2H3. The zero-order valence-corrected chi connectivity index (χ0v) is 9.51. The average molecular weight is 217 g/mol. The molecule has 1 amide bonds. The lowest BCUT2D eigenvalue weighted by Gasteiger charge is -2.29. The van der Waals surface area contributed by atoms with Crippen molar-refractivity contribution in [1.29, 1.82) is 0 Å². The number of hydrogen-bond donors (Lipinski definition) is 0. The van der Waals surface area contributed by atoms with Crippen LogP contribution in [0.1, 0.15) is 13.8 Å². The van der Waals surface area contributed by atoms with Gasteiger partial charge < -0.3 is 9.64 Å². The van der Waals surface area contributed by atoms with Gasteiger partial charge in [-0.15, -0.1) is 0 Å². The lowest BCUT2D eigenvalue weighted by Crippen LogP contribution is -2.44. The van der Waals surface area contributed by atoms with Crippen molar-refractivity contribution in [2.24, 2.45) is 5.92 Å². The Balaban J connectivity index is 2.07. The Morgan fingerprint density at radius 1 is 1.38 bits per heavy atom. The minimum absolute atomic E-state index is 0.0804. The Morgan fingerprint density at radius 3 is 3.00 bits per heavy atom. The fraction of sp³-hybridized carbons (Fsp3) is 0.462. The predicted molar refractivity (Wildman–Crippen MR) is 60.5 cm³/mol. The van der Waals surface area contributed by atoms with Crippen molar-refractivity contribution in [1.82, 2.24) is 4.90 Å². The highest BCUT2D eigenvalue weighted by molar-refractivity contribution is 5.89. The summed E-state index contributed by atoms with van der Waals surface area (Å²) in [6, 6.07) is 0.125. The van der Waals surface area contributed by atoms with Gasteiger partial charge in [0.2, 0.25) is 5.91 Å². The van der Waals surface area contributed by atoms with Crippen LogP contribution in [0.25, 0.3) is 0 Å². The summed E-state index contributed by atoms with van der Waals surface area (Å²) < 4.78 is 5.68. The second-order valence-corrected chi connectivity index (χ2v) is 4.90. The molecule has 3 nitrogen and oxygen atoms in total. The molecule has 0 radical (unpaired) electrons. The van der Waals surface area contributed by atoms with Crippen LogP contribution in [0.4, 0.5) is 0 Å². The van der Waals surface area contributed by atoms with E-state index in [0.29, 0.717) is 6.61 Å². The Bertz CT molecular complexity index is 431. The van der Waals surface area contributed by atoms with Gasteiger partial charge in [-0.2, -0.15) is 0 Å². The van der Waals surface area contributed by atoms with E-state index in [1.165, 1.54) is 5.57 Å². The summed E-state index contributed by atoms with van der Waals surface area (Å²) in [6.07, 6.45) is 9.93. The molecule has 0 spiro atoms. The summed E-state index contributed by atoms with van der Waals surface area (Å²) in [4.78, 5) is 14.2. The van der Waals surface area contributed by atoms with Crippen LogP contribution in [0, 0.1) is 5.92 Å². The van der Waals surface area contributed by atoms with Gasteiger partial charge >= 0.3 is 0 Å². The Kier molecular flexibility index (Phi) is 1.89. The summed E-state index contributed by atoms with van der Waals surface area (Å²) in [5.74, 6) is 0.0851. The first kappa shape index (κ1) is 9.85. The van der Waals surface area contributed by atoms with Gasteiger partial charge in [-0.05, 0) is 19.4 Å². The second-order valence-electron chi connectivity index (χ2n) is 4.90. The number of hydrogen-bond acceptors (Lipinski definition) is 2. The summed E-state index contributed by atoms with van der Waals surface area (Å²) >= 11 is 0. The van der Waals surface area contributed by atoms with Gasteiger partial charge in [0.25, 0.3) is 0 Å². The maximum Gasteiger partial charge on any atom is 0.236 e. The number of amides is 1. The van der Waals surface area contributed by atoms with Gasteiger partial charge in [0, 0.05) is 0 Å². The van der Waals surface area contributed by atoms with Gasteiger partial charge in [-0.1, -0.05) is 30.4 Å². The van der Waals surface area contributed by atoms with Gasteiger partial charge in [0.1, 0.15) is 5.72 Å². The van der Waals surface area contributed by atoms with Crippen molar-refractivity contribution < 1.29 is 9.53 Å². The lowest BCUT2D eigenvalue weighted by atomic mass is 9.98. The molecule has 2 fully saturated rings. The summed E-state index contributed by atoms with van der Waals surface area (Å²) in [5, 5.41) is 0. The molecule has 2 unspecified atom stereocenters. The van der Waals surface area contributed by atoms with Gasteiger partial charge in [0.05, 0.1) is 18.6 Å². The summed E-state index contributed by atoms with van der Waals surface area (Å²) in [5.41, 5.74) is 0.701. The zero-order chi connectivity index (χ0) is 11.3. The molecular weight excluding hydrogens is 202 g/mol. The van der Waals surface area contributed by atoms with Crippen LogP contribution in [-0.4, -0.2) is 29.2 Å². The van der Waals surface area contributed by atoms with E-state index in [9.17, 15) is 4.79 Å². The van der Waals surface area contributed by atoms with Gasteiger partial charge in [-0.3, -0.25) is 4.79 Å². The number of rotatable bonds is 0. The molecule has 3 aliphatic rings. The predicted octanol–water partition coefficient (Wildman–Crippen LogP) is 1.63. The molecule has 16 heavy (non-hydrogen) atoms. The Labute approximate surface area is 95.1 Å². The smallest absolute Gasteiger partial charge is 0.236 e. The average Bonchev–Trinajstić information content (AvgIpc) is 2.57. The van der Waals surface area contributed by atoms with Crippen molar-refractivity contribution in [3.63, 3.8) is 0 Å². The topological polar surface area (TPSA) is 29.5 Å². The molecule has 0 bridgehead atoms. The number of fused-ring (bicyclic) bond motifs is 3. The molecule has 2 saturated heterocycles. The van der Waals surface area contributed by atoms with Crippen LogP contribution >= 0.6 is 0 Å². The molecule has 84 valence electrons. The third-order valence-electron chi connectivity index (χ3n) is 3.55. The van der Waals surface area contributed by atoms with E-state index in [2.05, 4.69) is 6.08 Å². The summed E-state index contributed by atoms with van der Waals surface area (Å²) in [6.45, 7) is 4.52. The van der Waals surface area contributed by atoms with E-state index >= 15 is 0 Å². The fourth-order valence-corrected chi connectivity index (χ4v) is 2.78. The van der Waals surface area contributed by atoms with Crippen molar-refractivity contribution in [2.45, 2.75) is 25.6 Å². The SMILES string of the molecule is CC1(C)OCC2C3=CC=CC=CC3C(=O)N21. The minimum Gasteiger partial charge on any atom is -0.354 e. The quantitative estimate of drug-likeness (QED) is 0.617. The number of allylic oxidation sites excluding steroid dienone is 4. The molecule has 2 aliphatic heterocycles. The number of nitrogens with zero attached hydrogens (tertiary/aromatic N) is 1. The third kappa shape index (κ3) is 1.15. The van der Waals surface area contributed by atoms with Crippen LogP contribution < -0.4 is 0 Å². The fourth-order valence-electron chi connectivity index (χ4n) is 2.78. The summed E-state index contributed by atoms with van der Waals surface area (Å²) in [7, 11) is 0. The molecule has 3 heteroatoms. The van der Waals surface area contributed by atoms with Gasteiger partial charge in [-0.25, -0.2) is 0 Å². The molecule has 0 aromatic rings. The first-order valence-electron chi connectivity index (χ1n) is 5.63. The highest BCUT2D eigenvalue weighted by Gasteiger charge is 2.53.